The van der Waals surface area contributed by atoms with Crippen molar-refractivity contribution >= 4 is 17.5 Å². The minimum absolute atomic E-state index is 0.114. The average molecular weight is 453 g/mol. The number of piperazine rings is 1. The molecule has 0 radical (unpaired) electrons. The Balaban J connectivity index is 1.32. The Hall–Kier alpha value is -3.95. The van der Waals surface area contributed by atoms with Crippen molar-refractivity contribution in [3.05, 3.63) is 102 Å². The van der Waals surface area contributed by atoms with E-state index in [0.717, 1.165) is 24.2 Å². The molecule has 6 heteroatoms. The number of rotatable bonds is 7. The van der Waals surface area contributed by atoms with Gasteiger partial charge in [0.25, 0.3) is 0 Å². The number of hydrogen-bond acceptors (Lipinski definition) is 4. The van der Waals surface area contributed by atoms with E-state index in [-0.39, 0.29) is 17.7 Å². The maximum atomic E-state index is 13.6. The number of amides is 2. The predicted octanol–water partition coefficient (Wildman–Crippen LogP) is 3.86. The molecule has 0 spiro atoms. The Bertz CT molecular complexity index is 1110. The van der Waals surface area contributed by atoms with Crippen LogP contribution in [0.25, 0.3) is 0 Å². The van der Waals surface area contributed by atoms with E-state index in [1.807, 2.05) is 65.6 Å². The summed E-state index contributed by atoms with van der Waals surface area (Å²) in [6.45, 7) is 3.33. The van der Waals surface area contributed by atoms with Crippen LogP contribution in [0.5, 0.6) is 0 Å². The number of nitriles is 1. The average Bonchev–Trinajstić information content (AvgIpc) is 2.89. The van der Waals surface area contributed by atoms with Gasteiger partial charge in [0, 0.05) is 39.1 Å². The van der Waals surface area contributed by atoms with Gasteiger partial charge in [0.05, 0.1) is 17.2 Å². The second-order valence-corrected chi connectivity index (χ2v) is 8.38. The van der Waals surface area contributed by atoms with Crippen LogP contribution in [-0.2, 0) is 9.59 Å². The van der Waals surface area contributed by atoms with E-state index in [9.17, 15) is 14.9 Å². The lowest BCUT2D eigenvalue weighted by atomic mass is 9.90. The summed E-state index contributed by atoms with van der Waals surface area (Å²) >= 11 is 0. The highest BCUT2D eigenvalue weighted by atomic mass is 16.2. The molecule has 1 saturated heterocycles. The van der Waals surface area contributed by atoms with E-state index in [4.69, 9.17) is 0 Å². The van der Waals surface area contributed by atoms with Crippen molar-refractivity contribution in [1.82, 2.24) is 9.80 Å². The zero-order chi connectivity index (χ0) is 23.8. The molecule has 34 heavy (non-hydrogen) atoms. The Morgan fingerprint density at radius 1 is 0.824 bits per heavy atom. The SMILES string of the molecule is N#Cc1ccccc1NC(=O)CCN1CCN(C(=O)C(c2ccccc2)c2ccccc2)CC1. The molecule has 0 aromatic heterocycles. The highest BCUT2D eigenvalue weighted by Crippen LogP contribution is 2.27. The summed E-state index contributed by atoms with van der Waals surface area (Å²) in [4.78, 5) is 30.1. The van der Waals surface area contributed by atoms with E-state index in [1.54, 1.807) is 24.3 Å². The number of benzene rings is 3. The molecule has 1 N–H and O–H groups in total. The Morgan fingerprint density at radius 3 is 1.97 bits per heavy atom. The lowest BCUT2D eigenvalue weighted by molar-refractivity contribution is -0.133. The van der Waals surface area contributed by atoms with Crippen LogP contribution in [0.2, 0.25) is 0 Å². The van der Waals surface area contributed by atoms with Gasteiger partial charge >= 0.3 is 0 Å². The van der Waals surface area contributed by atoms with E-state index in [0.29, 0.717) is 37.3 Å². The molecule has 6 nitrogen and oxygen atoms in total. The van der Waals surface area contributed by atoms with Crippen molar-refractivity contribution in [3.63, 3.8) is 0 Å². The third-order valence-electron chi connectivity index (χ3n) is 6.17. The van der Waals surface area contributed by atoms with Gasteiger partial charge in [0.1, 0.15) is 6.07 Å². The molecule has 3 aromatic rings. The van der Waals surface area contributed by atoms with Gasteiger partial charge in [-0.3, -0.25) is 14.5 Å². The molecule has 0 atom stereocenters. The lowest BCUT2D eigenvalue weighted by Gasteiger charge is -2.36. The predicted molar refractivity (Wildman–Crippen MR) is 132 cm³/mol. The van der Waals surface area contributed by atoms with E-state index in [2.05, 4.69) is 16.3 Å². The summed E-state index contributed by atoms with van der Waals surface area (Å²) < 4.78 is 0. The van der Waals surface area contributed by atoms with Crippen molar-refractivity contribution < 1.29 is 9.59 Å². The molecule has 1 heterocycles. The van der Waals surface area contributed by atoms with Crippen LogP contribution in [0.4, 0.5) is 5.69 Å². The fraction of sp³-hybridized carbons (Fsp3) is 0.250. The molecule has 4 rings (SSSR count). The van der Waals surface area contributed by atoms with Gasteiger partial charge in [-0.05, 0) is 23.3 Å². The molecule has 1 aliphatic heterocycles. The van der Waals surface area contributed by atoms with Crippen LogP contribution in [0.1, 0.15) is 29.0 Å². The fourth-order valence-corrected chi connectivity index (χ4v) is 4.30. The van der Waals surface area contributed by atoms with Gasteiger partial charge in [0.2, 0.25) is 11.8 Å². The van der Waals surface area contributed by atoms with E-state index >= 15 is 0 Å². The third kappa shape index (κ3) is 5.69. The standard InChI is InChI=1S/C28H28N4O2/c29-21-24-13-7-8-14-25(24)30-26(33)15-16-31-17-19-32(20-18-31)28(34)27(22-9-3-1-4-10-22)23-11-5-2-6-12-23/h1-14,27H,15-20H2,(H,30,33). The smallest absolute Gasteiger partial charge is 0.234 e. The first-order valence-corrected chi connectivity index (χ1v) is 11.6. The molecule has 1 aliphatic rings. The maximum Gasteiger partial charge on any atom is 0.234 e. The van der Waals surface area contributed by atoms with Crippen LogP contribution in [-0.4, -0.2) is 54.3 Å². The minimum Gasteiger partial charge on any atom is -0.339 e. The first-order chi connectivity index (χ1) is 16.7. The first-order valence-electron chi connectivity index (χ1n) is 11.6. The van der Waals surface area contributed by atoms with Gasteiger partial charge < -0.3 is 10.2 Å². The Labute approximate surface area is 200 Å². The molecule has 2 amide bonds. The molecule has 3 aromatic carbocycles. The van der Waals surface area contributed by atoms with Gasteiger partial charge in [-0.1, -0.05) is 72.8 Å². The number of anilines is 1. The topological polar surface area (TPSA) is 76.4 Å². The number of carbonyl (C=O) groups is 2. The highest BCUT2D eigenvalue weighted by molar-refractivity contribution is 5.92. The molecule has 0 bridgehead atoms. The van der Waals surface area contributed by atoms with Crippen LogP contribution in [0.15, 0.2) is 84.9 Å². The van der Waals surface area contributed by atoms with Gasteiger partial charge in [-0.2, -0.15) is 5.26 Å². The quantitative estimate of drug-likeness (QED) is 0.591. The van der Waals surface area contributed by atoms with Crippen LogP contribution in [0.3, 0.4) is 0 Å². The Kier molecular flexibility index (Phi) is 7.69. The van der Waals surface area contributed by atoms with Crippen LogP contribution >= 0.6 is 0 Å². The number of hydrogen-bond donors (Lipinski definition) is 1. The van der Waals surface area contributed by atoms with Crippen LogP contribution in [0, 0.1) is 11.3 Å². The maximum absolute atomic E-state index is 13.6. The second-order valence-electron chi connectivity index (χ2n) is 8.38. The molecule has 172 valence electrons. The summed E-state index contributed by atoms with van der Waals surface area (Å²) in [5.41, 5.74) is 2.98. The van der Waals surface area contributed by atoms with Gasteiger partial charge in [-0.15, -0.1) is 0 Å². The fourth-order valence-electron chi connectivity index (χ4n) is 4.30. The van der Waals surface area contributed by atoms with Crippen molar-refractivity contribution in [2.24, 2.45) is 0 Å². The monoisotopic (exact) mass is 452 g/mol. The van der Waals surface area contributed by atoms with Crippen molar-refractivity contribution in [1.29, 1.82) is 5.26 Å². The van der Waals surface area contributed by atoms with Gasteiger partial charge in [0.15, 0.2) is 0 Å². The molecular formula is C28H28N4O2. The number of nitrogens with zero attached hydrogens (tertiary/aromatic N) is 3. The van der Waals surface area contributed by atoms with E-state index in [1.165, 1.54) is 0 Å². The summed E-state index contributed by atoms with van der Waals surface area (Å²) in [5.74, 6) is -0.322. The Morgan fingerprint density at radius 2 is 1.38 bits per heavy atom. The van der Waals surface area contributed by atoms with Gasteiger partial charge in [-0.25, -0.2) is 0 Å². The first kappa shape index (κ1) is 23.2. The second kappa shape index (κ2) is 11.3. The summed E-state index contributed by atoms with van der Waals surface area (Å²) in [6, 6.07) is 28.9. The molecule has 0 unspecified atom stereocenters. The van der Waals surface area contributed by atoms with E-state index < -0.39 is 0 Å². The zero-order valence-electron chi connectivity index (χ0n) is 19.1. The van der Waals surface area contributed by atoms with Crippen molar-refractivity contribution in [2.45, 2.75) is 12.3 Å². The normalized spacial score (nSPS) is 13.9. The number of nitrogens with one attached hydrogen (secondary N) is 1. The summed E-state index contributed by atoms with van der Waals surface area (Å²) in [5, 5.41) is 12.0. The van der Waals surface area contributed by atoms with Crippen molar-refractivity contribution in [2.75, 3.05) is 38.0 Å². The highest BCUT2D eigenvalue weighted by Gasteiger charge is 2.29. The lowest BCUT2D eigenvalue weighted by Crippen LogP contribution is -2.50. The molecule has 0 saturated carbocycles. The summed E-state index contributed by atoms with van der Waals surface area (Å²) in [6.07, 6.45) is 0.338. The molecular weight excluding hydrogens is 424 g/mol. The number of para-hydroxylation sites is 1. The largest absolute Gasteiger partial charge is 0.339 e. The van der Waals surface area contributed by atoms with Crippen LogP contribution < -0.4 is 5.32 Å². The third-order valence-corrected chi connectivity index (χ3v) is 6.17. The number of carbonyl (C=O) groups excluding carboxylic acids is 2. The molecule has 1 fully saturated rings. The van der Waals surface area contributed by atoms with Crippen molar-refractivity contribution in [3.8, 4) is 6.07 Å². The minimum atomic E-state index is -0.320. The molecule has 0 aliphatic carbocycles. The zero-order valence-corrected chi connectivity index (χ0v) is 19.1. The summed E-state index contributed by atoms with van der Waals surface area (Å²) in [7, 11) is 0.